The van der Waals surface area contributed by atoms with E-state index in [2.05, 4.69) is 54.8 Å². The van der Waals surface area contributed by atoms with Crippen LogP contribution in [0.5, 0.6) is 0 Å². The van der Waals surface area contributed by atoms with Crippen LogP contribution in [0.25, 0.3) is 0 Å². The van der Waals surface area contributed by atoms with Gasteiger partial charge in [-0.2, -0.15) is 0 Å². The van der Waals surface area contributed by atoms with Gasteiger partial charge < -0.3 is 14.5 Å². The van der Waals surface area contributed by atoms with E-state index < -0.39 is 0 Å². The molecule has 2 atom stereocenters. The van der Waals surface area contributed by atoms with Crippen molar-refractivity contribution < 1.29 is 4.74 Å². The smallest absolute Gasteiger partial charge is 0.0967 e. The first-order chi connectivity index (χ1) is 13.5. The monoisotopic (exact) mass is 382 g/mol. The lowest BCUT2D eigenvalue weighted by molar-refractivity contribution is -0.119. The molecule has 3 fully saturated rings. The fraction of sp³-hybridized carbons (Fsp3) is 0.760. The van der Waals surface area contributed by atoms with Gasteiger partial charge in [0.25, 0.3) is 0 Å². The van der Waals surface area contributed by atoms with Crippen LogP contribution in [0.3, 0.4) is 0 Å². The van der Waals surface area contributed by atoms with Gasteiger partial charge in [0.15, 0.2) is 0 Å². The van der Waals surface area contributed by atoms with E-state index in [0.29, 0.717) is 17.5 Å². The first kappa shape index (κ1) is 19.1. The van der Waals surface area contributed by atoms with Crippen molar-refractivity contribution in [2.24, 2.45) is 5.41 Å². The van der Waals surface area contributed by atoms with Crippen LogP contribution in [-0.4, -0.2) is 48.1 Å². The predicted octanol–water partition coefficient (Wildman–Crippen LogP) is 5.11. The van der Waals surface area contributed by atoms with E-state index in [1.807, 2.05) is 0 Å². The number of nitrogens with zero attached hydrogens (tertiary/aromatic N) is 2. The van der Waals surface area contributed by atoms with Crippen LogP contribution < -0.4 is 0 Å². The summed E-state index contributed by atoms with van der Waals surface area (Å²) in [6, 6.07) is 10.4. The number of benzene rings is 1. The van der Waals surface area contributed by atoms with E-state index >= 15 is 0 Å². The highest BCUT2D eigenvalue weighted by molar-refractivity contribution is 5.39. The summed E-state index contributed by atoms with van der Waals surface area (Å²) >= 11 is 0. The number of hydrogen-bond acceptors (Lipinski definition) is 3. The second-order valence-electron chi connectivity index (χ2n) is 10.5. The molecule has 3 aliphatic heterocycles. The quantitative estimate of drug-likeness (QED) is 0.719. The van der Waals surface area contributed by atoms with E-state index in [1.54, 1.807) is 0 Å². The fourth-order valence-corrected chi connectivity index (χ4v) is 6.22. The summed E-state index contributed by atoms with van der Waals surface area (Å²) in [5.41, 5.74) is 3.64. The molecule has 4 aliphatic rings. The Hall–Kier alpha value is -0.900. The number of piperidine rings is 2. The lowest BCUT2D eigenvalue weighted by Gasteiger charge is -2.42. The maximum absolute atomic E-state index is 6.96. The van der Waals surface area contributed by atoms with Crippen LogP contribution in [0.15, 0.2) is 24.3 Å². The van der Waals surface area contributed by atoms with Gasteiger partial charge in [-0.3, -0.25) is 0 Å². The Morgan fingerprint density at radius 1 is 0.964 bits per heavy atom. The molecule has 0 bridgehead atoms. The molecule has 0 radical (unpaired) electrons. The number of hydrogen-bond donors (Lipinski definition) is 0. The maximum atomic E-state index is 6.96. The Kier molecular flexibility index (Phi) is 4.84. The summed E-state index contributed by atoms with van der Waals surface area (Å²) < 4.78 is 6.96. The zero-order chi connectivity index (χ0) is 19.4. The zero-order valence-electron chi connectivity index (χ0n) is 18.1. The maximum Gasteiger partial charge on any atom is 0.0967 e. The van der Waals surface area contributed by atoms with E-state index in [0.717, 1.165) is 32.4 Å². The van der Waals surface area contributed by atoms with Crippen LogP contribution in [-0.2, 0) is 10.3 Å². The number of fused-ring (bicyclic) bond motifs is 2. The summed E-state index contributed by atoms with van der Waals surface area (Å²) in [7, 11) is 0. The molecule has 0 aromatic heterocycles. The van der Waals surface area contributed by atoms with Crippen molar-refractivity contribution in [1.29, 1.82) is 0 Å². The van der Waals surface area contributed by atoms with Gasteiger partial charge in [-0.15, -0.1) is 0 Å². The molecule has 3 heterocycles. The molecule has 154 valence electrons. The summed E-state index contributed by atoms with van der Waals surface area (Å²) in [6.45, 7) is 12.0. The molecule has 2 spiro atoms. The zero-order valence-corrected chi connectivity index (χ0v) is 18.1. The molecule has 2 unspecified atom stereocenters. The molecule has 0 N–H and O–H groups in total. The minimum atomic E-state index is -0.0357. The average molecular weight is 383 g/mol. The van der Waals surface area contributed by atoms with Crippen molar-refractivity contribution in [2.45, 2.75) is 89.5 Å². The number of likely N-dealkylation sites (tertiary alicyclic amines) is 2. The molecule has 28 heavy (non-hydrogen) atoms. The minimum absolute atomic E-state index is 0.0357. The van der Waals surface area contributed by atoms with E-state index in [9.17, 15) is 0 Å². The second kappa shape index (κ2) is 7.11. The van der Waals surface area contributed by atoms with Crippen molar-refractivity contribution in [2.75, 3.05) is 26.2 Å². The van der Waals surface area contributed by atoms with Crippen molar-refractivity contribution in [3.8, 4) is 0 Å². The topological polar surface area (TPSA) is 15.7 Å². The van der Waals surface area contributed by atoms with Crippen molar-refractivity contribution >= 4 is 0 Å². The van der Waals surface area contributed by atoms with Crippen molar-refractivity contribution in [3.05, 3.63) is 35.4 Å². The third-order valence-electron chi connectivity index (χ3n) is 8.33. The van der Waals surface area contributed by atoms with Crippen LogP contribution in [0.4, 0.5) is 0 Å². The normalized spacial score (nSPS) is 30.1. The largest absolute Gasteiger partial charge is 0.362 e. The summed E-state index contributed by atoms with van der Waals surface area (Å²) in [5.74, 6) is 0. The molecule has 1 saturated carbocycles. The Balaban J connectivity index is 1.31. The first-order valence-electron chi connectivity index (χ1n) is 11.8. The van der Waals surface area contributed by atoms with Gasteiger partial charge in [0, 0.05) is 31.7 Å². The van der Waals surface area contributed by atoms with Crippen LogP contribution in [0.2, 0.25) is 0 Å². The lowest BCUT2D eigenvalue weighted by atomic mass is 9.83. The van der Waals surface area contributed by atoms with E-state index in [1.165, 1.54) is 49.9 Å². The highest BCUT2D eigenvalue weighted by Crippen LogP contribution is 2.54. The SMILES string of the molecule is CC(C)N1CCC2(CC1)OC(CC(C)N1CCCC3(CC3)C1)c1ccccc12. The minimum Gasteiger partial charge on any atom is -0.362 e. The van der Waals surface area contributed by atoms with Crippen molar-refractivity contribution in [1.82, 2.24) is 9.80 Å². The van der Waals surface area contributed by atoms with Gasteiger partial charge in [0.1, 0.15) is 0 Å². The highest BCUT2D eigenvalue weighted by Gasteiger charge is 2.49. The molecule has 5 rings (SSSR count). The fourth-order valence-electron chi connectivity index (χ4n) is 6.22. The first-order valence-corrected chi connectivity index (χ1v) is 11.8. The second-order valence-corrected chi connectivity index (χ2v) is 10.5. The van der Waals surface area contributed by atoms with Gasteiger partial charge in [0.05, 0.1) is 11.7 Å². The number of ether oxygens (including phenoxy) is 1. The summed E-state index contributed by atoms with van der Waals surface area (Å²) in [4.78, 5) is 5.38. The van der Waals surface area contributed by atoms with Gasteiger partial charge in [0.2, 0.25) is 0 Å². The Morgan fingerprint density at radius 2 is 1.71 bits per heavy atom. The molecule has 3 heteroatoms. The van der Waals surface area contributed by atoms with Gasteiger partial charge in [-0.25, -0.2) is 0 Å². The van der Waals surface area contributed by atoms with Gasteiger partial charge in [-0.1, -0.05) is 24.3 Å². The van der Waals surface area contributed by atoms with Crippen LogP contribution in [0.1, 0.15) is 82.9 Å². The molecule has 1 aliphatic carbocycles. The third-order valence-corrected chi connectivity index (χ3v) is 8.33. The van der Waals surface area contributed by atoms with Gasteiger partial charge in [-0.05, 0) is 88.8 Å². The molecule has 1 aromatic carbocycles. The Morgan fingerprint density at radius 3 is 2.43 bits per heavy atom. The van der Waals surface area contributed by atoms with E-state index in [4.69, 9.17) is 4.74 Å². The lowest BCUT2D eigenvalue weighted by Crippen LogP contribution is -2.45. The third kappa shape index (κ3) is 3.34. The van der Waals surface area contributed by atoms with Crippen LogP contribution in [0, 0.1) is 5.41 Å². The molecular weight excluding hydrogens is 344 g/mol. The average Bonchev–Trinajstić information content (AvgIpc) is 3.38. The van der Waals surface area contributed by atoms with Gasteiger partial charge >= 0.3 is 0 Å². The summed E-state index contributed by atoms with van der Waals surface area (Å²) in [5, 5.41) is 0. The van der Waals surface area contributed by atoms with Crippen LogP contribution >= 0.6 is 0 Å². The van der Waals surface area contributed by atoms with Crippen molar-refractivity contribution in [3.63, 3.8) is 0 Å². The predicted molar refractivity (Wildman–Crippen MR) is 114 cm³/mol. The highest BCUT2D eigenvalue weighted by atomic mass is 16.5. The Bertz CT molecular complexity index is 702. The van der Waals surface area contributed by atoms with E-state index in [-0.39, 0.29) is 11.7 Å². The summed E-state index contributed by atoms with van der Waals surface area (Å²) in [6.07, 6.45) is 9.48. The molecule has 1 aromatic rings. The standard InChI is InChI=1S/C25H38N2O/c1-19(2)26-15-12-25(13-16-26)22-8-5-4-7-21(22)23(28-25)17-20(3)27-14-6-9-24(18-27)10-11-24/h4-5,7-8,19-20,23H,6,9-18H2,1-3H3. The Labute approximate surface area is 171 Å². The molecule has 0 amide bonds. The molecule has 3 nitrogen and oxygen atoms in total. The molecule has 2 saturated heterocycles. The molecular formula is C25H38N2O. The number of rotatable bonds is 4.